The Hall–Kier alpha value is -2.93. The molecule has 2 N–H and O–H groups in total. The van der Waals surface area contributed by atoms with Gasteiger partial charge in [0.05, 0.1) is 4.92 Å². The van der Waals surface area contributed by atoms with E-state index in [1.807, 2.05) is 0 Å². The van der Waals surface area contributed by atoms with E-state index in [2.05, 4.69) is 10.6 Å². The Labute approximate surface area is 142 Å². The number of hydrogen-bond donors (Lipinski definition) is 2. The first-order chi connectivity index (χ1) is 11.5. The zero-order valence-corrected chi connectivity index (χ0v) is 13.2. The average molecular weight is 348 g/mol. The van der Waals surface area contributed by atoms with Crippen LogP contribution in [0.25, 0.3) is 0 Å². The van der Waals surface area contributed by atoms with Gasteiger partial charge in [-0.3, -0.25) is 19.7 Å². The molecule has 8 heteroatoms. The summed E-state index contributed by atoms with van der Waals surface area (Å²) in [4.78, 5) is 34.1. The lowest BCUT2D eigenvalue weighted by molar-refractivity contribution is -0.385. The lowest BCUT2D eigenvalue weighted by atomic mass is 10.1. The van der Waals surface area contributed by atoms with Crippen LogP contribution in [0.3, 0.4) is 0 Å². The minimum Gasteiger partial charge on any atom is -0.350 e. The van der Waals surface area contributed by atoms with Crippen molar-refractivity contribution in [2.45, 2.75) is 0 Å². The second-order valence-electron chi connectivity index (χ2n) is 4.80. The molecule has 0 heterocycles. The van der Waals surface area contributed by atoms with E-state index in [4.69, 9.17) is 11.6 Å². The largest absolute Gasteiger partial charge is 0.350 e. The van der Waals surface area contributed by atoms with Gasteiger partial charge in [0.1, 0.15) is 5.56 Å². The normalized spacial score (nSPS) is 10.0. The highest BCUT2D eigenvalue weighted by atomic mass is 35.5. The standard InChI is InChI=1S/C16H14ClN3O4/c17-12-6-7-13(14(10-12)20(23)24)16(22)19-9-8-18-15(21)11-4-2-1-3-5-11/h1-7,10H,8-9H2,(H,18,21)(H,19,22). The van der Waals surface area contributed by atoms with Crippen LogP contribution in [-0.2, 0) is 0 Å². The van der Waals surface area contributed by atoms with Crippen molar-refractivity contribution in [3.8, 4) is 0 Å². The Morgan fingerprint density at radius 2 is 1.62 bits per heavy atom. The van der Waals surface area contributed by atoms with Crippen LogP contribution in [0.4, 0.5) is 5.69 Å². The third-order valence-electron chi connectivity index (χ3n) is 3.13. The van der Waals surface area contributed by atoms with Crippen molar-refractivity contribution < 1.29 is 14.5 Å². The maximum absolute atomic E-state index is 12.0. The molecule has 24 heavy (non-hydrogen) atoms. The fourth-order valence-corrected chi connectivity index (χ4v) is 2.15. The maximum atomic E-state index is 12.0. The number of nitrogens with zero attached hydrogens (tertiary/aromatic N) is 1. The van der Waals surface area contributed by atoms with Gasteiger partial charge >= 0.3 is 0 Å². The molecule has 7 nitrogen and oxygen atoms in total. The molecule has 2 rings (SSSR count). The molecule has 0 saturated carbocycles. The van der Waals surface area contributed by atoms with E-state index in [1.54, 1.807) is 30.3 Å². The van der Waals surface area contributed by atoms with Gasteiger partial charge in [-0.25, -0.2) is 0 Å². The van der Waals surface area contributed by atoms with Gasteiger partial charge in [-0.15, -0.1) is 0 Å². The highest BCUT2D eigenvalue weighted by Gasteiger charge is 2.20. The molecule has 0 radical (unpaired) electrons. The Morgan fingerprint density at radius 3 is 2.25 bits per heavy atom. The number of benzene rings is 2. The predicted molar refractivity (Wildman–Crippen MR) is 89.2 cm³/mol. The average Bonchev–Trinajstić information content (AvgIpc) is 2.59. The summed E-state index contributed by atoms with van der Waals surface area (Å²) in [7, 11) is 0. The monoisotopic (exact) mass is 347 g/mol. The van der Waals surface area contributed by atoms with Crippen molar-refractivity contribution >= 4 is 29.1 Å². The van der Waals surface area contributed by atoms with E-state index in [-0.39, 0.29) is 35.3 Å². The molecule has 0 unspecified atom stereocenters. The number of carbonyl (C=O) groups is 2. The van der Waals surface area contributed by atoms with E-state index in [0.29, 0.717) is 5.56 Å². The van der Waals surface area contributed by atoms with Crippen molar-refractivity contribution in [3.63, 3.8) is 0 Å². The Kier molecular flexibility index (Phi) is 5.86. The summed E-state index contributed by atoms with van der Waals surface area (Å²) in [5.41, 5.74) is 0.0595. The van der Waals surface area contributed by atoms with E-state index < -0.39 is 10.8 Å². The van der Waals surface area contributed by atoms with Crippen molar-refractivity contribution in [1.29, 1.82) is 0 Å². The Bertz CT molecular complexity index is 765. The molecule has 2 aromatic carbocycles. The molecule has 124 valence electrons. The molecule has 0 fully saturated rings. The summed E-state index contributed by atoms with van der Waals surface area (Å²) in [6.07, 6.45) is 0. The van der Waals surface area contributed by atoms with Crippen molar-refractivity contribution in [2.24, 2.45) is 0 Å². The molecular formula is C16H14ClN3O4. The molecule has 0 bridgehead atoms. The number of nitro benzene ring substituents is 1. The first-order valence-corrected chi connectivity index (χ1v) is 7.42. The summed E-state index contributed by atoms with van der Waals surface area (Å²) in [5, 5.41) is 16.3. The second-order valence-corrected chi connectivity index (χ2v) is 5.23. The fourth-order valence-electron chi connectivity index (χ4n) is 1.99. The zero-order chi connectivity index (χ0) is 17.5. The smallest absolute Gasteiger partial charge is 0.283 e. The van der Waals surface area contributed by atoms with Crippen LogP contribution in [0.15, 0.2) is 48.5 Å². The van der Waals surface area contributed by atoms with Crippen molar-refractivity contribution in [1.82, 2.24) is 10.6 Å². The fraction of sp³-hybridized carbons (Fsp3) is 0.125. The molecule has 0 saturated heterocycles. The lowest BCUT2D eigenvalue weighted by Gasteiger charge is -2.08. The zero-order valence-electron chi connectivity index (χ0n) is 12.5. The van der Waals surface area contributed by atoms with Gasteiger partial charge in [-0.1, -0.05) is 29.8 Å². The second kappa shape index (κ2) is 8.07. The highest BCUT2D eigenvalue weighted by molar-refractivity contribution is 6.31. The van der Waals surface area contributed by atoms with Gasteiger partial charge in [0.15, 0.2) is 0 Å². The third-order valence-corrected chi connectivity index (χ3v) is 3.37. The molecule has 2 aromatic rings. The third kappa shape index (κ3) is 4.53. The molecule has 0 aromatic heterocycles. The Balaban J connectivity index is 1.88. The maximum Gasteiger partial charge on any atom is 0.283 e. The van der Waals surface area contributed by atoms with Gasteiger partial charge in [0.25, 0.3) is 17.5 Å². The quantitative estimate of drug-likeness (QED) is 0.476. The number of amides is 2. The topological polar surface area (TPSA) is 101 Å². The molecular weight excluding hydrogens is 334 g/mol. The van der Waals surface area contributed by atoms with Gasteiger partial charge in [-0.2, -0.15) is 0 Å². The molecule has 0 aliphatic carbocycles. The van der Waals surface area contributed by atoms with Crippen molar-refractivity contribution in [3.05, 3.63) is 74.8 Å². The number of nitro groups is 1. The van der Waals surface area contributed by atoms with Crippen LogP contribution < -0.4 is 10.6 Å². The Morgan fingerprint density at radius 1 is 1.00 bits per heavy atom. The van der Waals surface area contributed by atoms with Crippen LogP contribution >= 0.6 is 11.6 Å². The first-order valence-electron chi connectivity index (χ1n) is 7.04. The van der Waals surface area contributed by atoms with E-state index in [0.717, 1.165) is 6.07 Å². The van der Waals surface area contributed by atoms with Gasteiger partial charge in [0, 0.05) is 29.7 Å². The van der Waals surface area contributed by atoms with E-state index in [9.17, 15) is 19.7 Å². The van der Waals surface area contributed by atoms with Gasteiger partial charge in [-0.05, 0) is 24.3 Å². The molecule has 0 atom stereocenters. The minimum atomic E-state index is -0.669. The van der Waals surface area contributed by atoms with Crippen LogP contribution in [-0.4, -0.2) is 29.8 Å². The van der Waals surface area contributed by atoms with Gasteiger partial charge < -0.3 is 10.6 Å². The SMILES string of the molecule is O=C(NCCNC(=O)c1ccc(Cl)cc1[N+](=O)[O-])c1ccccc1. The number of nitrogens with one attached hydrogen (secondary N) is 2. The molecule has 2 amide bonds. The summed E-state index contributed by atoms with van der Waals surface area (Å²) < 4.78 is 0. The highest BCUT2D eigenvalue weighted by Crippen LogP contribution is 2.22. The van der Waals surface area contributed by atoms with Crippen LogP contribution in [0.5, 0.6) is 0 Å². The van der Waals surface area contributed by atoms with Crippen LogP contribution in [0.1, 0.15) is 20.7 Å². The summed E-state index contributed by atoms with van der Waals surface area (Å²) in [5.74, 6) is -0.866. The first kappa shape index (κ1) is 17.4. The predicted octanol–water partition coefficient (Wildman–Crippen LogP) is 2.41. The number of halogens is 1. The van der Waals surface area contributed by atoms with Crippen molar-refractivity contribution in [2.75, 3.05) is 13.1 Å². The molecule has 0 aliphatic rings. The number of hydrogen-bond acceptors (Lipinski definition) is 4. The van der Waals surface area contributed by atoms with Crippen LogP contribution in [0.2, 0.25) is 5.02 Å². The van der Waals surface area contributed by atoms with E-state index >= 15 is 0 Å². The minimum absolute atomic E-state index is 0.0845. The number of rotatable bonds is 6. The van der Waals surface area contributed by atoms with Gasteiger partial charge in [0.2, 0.25) is 0 Å². The number of carbonyl (C=O) groups excluding carboxylic acids is 2. The summed E-state index contributed by atoms with van der Waals surface area (Å²) >= 11 is 5.70. The molecule has 0 spiro atoms. The summed E-state index contributed by atoms with van der Waals surface area (Å²) in [6.45, 7) is 0.331. The van der Waals surface area contributed by atoms with Crippen LogP contribution in [0, 0.1) is 10.1 Å². The van der Waals surface area contributed by atoms with E-state index in [1.165, 1.54) is 12.1 Å². The lowest BCUT2D eigenvalue weighted by Crippen LogP contribution is -2.34. The summed E-state index contributed by atoms with van der Waals surface area (Å²) in [6, 6.07) is 12.4. The molecule has 0 aliphatic heterocycles.